The predicted octanol–water partition coefficient (Wildman–Crippen LogP) is 3.20. The van der Waals surface area contributed by atoms with Gasteiger partial charge < -0.3 is 10.5 Å². The lowest BCUT2D eigenvalue weighted by atomic mass is 10.1. The van der Waals surface area contributed by atoms with Gasteiger partial charge in [0.15, 0.2) is 0 Å². The molecule has 0 aliphatic heterocycles. The highest BCUT2D eigenvalue weighted by Gasteiger charge is 2.36. The van der Waals surface area contributed by atoms with Gasteiger partial charge in [0, 0.05) is 6.54 Å². The zero-order valence-corrected chi connectivity index (χ0v) is 18.6. The second-order valence-electron chi connectivity index (χ2n) is 7.27. The fourth-order valence-electron chi connectivity index (χ4n) is 3.31. The largest absolute Gasteiger partial charge is 0.465 e. The number of nitrogens with two attached hydrogens (primary N) is 1. The summed E-state index contributed by atoms with van der Waals surface area (Å²) in [4.78, 5) is 24.3. The first-order valence-corrected chi connectivity index (χ1v) is 11.3. The Kier molecular flexibility index (Phi) is 7.07. The van der Waals surface area contributed by atoms with Crippen LogP contribution in [-0.4, -0.2) is 31.7 Å². The zero-order chi connectivity index (χ0) is 23.3. The van der Waals surface area contributed by atoms with Crippen molar-refractivity contribution >= 4 is 21.9 Å². The maximum atomic E-state index is 13.6. The molecule has 0 bridgehead atoms. The number of rotatable bonds is 8. The molecule has 0 fully saturated rings. The Labute approximate surface area is 187 Å². The van der Waals surface area contributed by atoms with Crippen LogP contribution in [0.1, 0.15) is 33.1 Å². The molecule has 1 amide bonds. The Balaban J connectivity index is 2.09. The van der Waals surface area contributed by atoms with Crippen molar-refractivity contribution in [2.75, 3.05) is 7.11 Å². The molecule has 0 aliphatic rings. The monoisotopic (exact) mass is 452 g/mol. The molecule has 3 aromatic carbocycles. The van der Waals surface area contributed by atoms with Gasteiger partial charge in [-0.2, -0.15) is 4.31 Å². The molecule has 0 spiro atoms. The highest BCUT2D eigenvalue weighted by atomic mass is 32.2. The molecule has 0 aromatic heterocycles. The second kappa shape index (κ2) is 9.76. The van der Waals surface area contributed by atoms with Gasteiger partial charge in [-0.3, -0.25) is 4.79 Å². The normalized spacial score (nSPS) is 12.3. The molecule has 3 aromatic rings. The number of carbonyl (C=O) groups is 2. The molecular weight excluding hydrogens is 428 g/mol. The number of ether oxygens (including phenoxy) is 1. The number of primary amides is 1. The summed E-state index contributed by atoms with van der Waals surface area (Å²) in [7, 11) is -2.82. The number of carbonyl (C=O) groups excluding carboxylic acids is 2. The van der Waals surface area contributed by atoms with E-state index in [0.29, 0.717) is 16.7 Å². The van der Waals surface area contributed by atoms with E-state index in [4.69, 9.17) is 10.5 Å². The Hall–Kier alpha value is -3.49. The van der Waals surface area contributed by atoms with E-state index < -0.39 is 27.9 Å². The van der Waals surface area contributed by atoms with E-state index in [-0.39, 0.29) is 11.4 Å². The van der Waals surface area contributed by atoms with Crippen LogP contribution in [-0.2, 0) is 26.1 Å². The lowest BCUT2D eigenvalue weighted by Gasteiger charge is -2.29. The van der Waals surface area contributed by atoms with E-state index in [1.54, 1.807) is 66.7 Å². The summed E-state index contributed by atoms with van der Waals surface area (Å²) in [5.41, 5.74) is 7.98. The van der Waals surface area contributed by atoms with Crippen molar-refractivity contribution in [3.05, 3.63) is 101 Å². The maximum absolute atomic E-state index is 13.6. The van der Waals surface area contributed by atoms with Crippen molar-refractivity contribution < 1.29 is 22.7 Å². The SMILES string of the molecule is COC(=O)c1ccc(CN(C(C(N)=O)c2ccccc2)S(=O)(=O)c2ccc(C)cc2)cc1. The number of nitrogens with zero attached hydrogens (tertiary/aromatic N) is 1. The lowest BCUT2D eigenvalue weighted by Crippen LogP contribution is -2.41. The number of hydrogen-bond acceptors (Lipinski definition) is 5. The molecule has 0 radical (unpaired) electrons. The van der Waals surface area contributed by atoms with E-state index in [2.05, 4.69) is 0 Å². The summed E-state index contributed by atoms with van der Waals surface area (Å²) >= 11 is 0. The van der Waals surface area contributed by atoms with Crippen LogP contribution >= 0.6 is 0 Å². The second-order valence-corrected chi connectivity index (χ2v) is 9.16. The molecule has 0 heterocycles. The first kappa shape index (κ1) is 23.2. The van der Waals surface area contributed by atoms with Gasteiger partial charge in [-0.25, -0.2) is 13.2 Å². The number of amides is 1. The molecule has 0 saturated carbocycles. The first-order valence-electron chi connectivity index (χ1n) is 9.84. The third-order valence-corrected chi connectivity index (χ3v) is 6.84. The summed E-state index contributed by atoms with van der Waals surface area (Å²) in [6.07, 6.45) is 0. The molecule has 7 nitrogen and oxygen atoms in total. The number of esters is 1. The van der Waals surface area contributed by atoms with E-state index in [1.807, 2.05) is 6.92 Å². The summed E-state index contributed by atoms with van der Waals surface area (Å²) in [5, 5.41) is 0. The molecule has 1 unspecified atom stereocenters. The van der Waals surface area contributed by atoms with Crippen molar-refractivity contribution in [3.8, 4) is 0 Å². The Morgan fingerprint density at radius 3 is 2.06 bits per heavy atom. The smallest absolute Gasteiger partial charge is 0.337 e. The average Bonchev–Trinajstić information content (AvgIpc) is 2.79. The zero-order valence-electron chi connectivity index (χ0n) is 17.8. The van der Waals surface area contributed by atoms with Crippen LogP contribution in [0.15, 0.2) is 83.8 Å². The van der Waals surface area contributed by atoms with Gasteiger partial charge in [-0.15, -0.1) is 0 Å². The molecule has 0 aliphatic carbocycles. The third kappa shape index (κ3) is 5.04. The fraction of sp³-hybridized carbons (Fsp3) is 0.167. The van der Waals surface area contributed by atoms with Gasteiger partial charge in [0.05, 0.1) is 17.6 Å². The van der Waals surface area contributed by atoms with Crippen molar-refractivity contribution in [3.63, 3.8) is 0 Å². The molecule has 3 rings (SSSR count). The van der Waals surface area contributed by atoms with Crippen molar-refractivity contribution in [2.45, 2.75) is 24.4 Å². The first-order chi connectivity index (χ1) is 15.2. The Bertz CT molecular complexity index is 1190. The van der Waals surface area contributed by atoms with Crippen molar-refractivity contribution in [2.24, 2.45) is 5.73 Å². The van der Waals surface area contributed by atoms with Crippen LogP contribution in [0.4, 0.5) is 0 Å². The van der Waals surface area contributed by atoms with Crippen LogP contribution in [0.25, 0.3) is 0 Å². The Morgan fingerprint density at radius 1 is 0.938 bits per heavy atom. The van der Waals surface area contributed by atoms with Gasteiger partial charge in [-0.1, -0.05) is 60.2 Å². The molecule has 166 valence electrons. The summed E-state index contributed by atoms with van der Waals surface area (Å²) in [5.74, 6) is -1.29. The average molecular weight is 453 g/mol. The van der Waals surface area contributed by atoms with Crippen molar-refractivity contribution in [1.82, 2.24) is 4.31 Å². The van der Waals surface area contributed by atoms with Crippen LogP contribution in [0, 0.1) is 6.92 Å². The van der Waals surface area contributed by atoms with E-state index >= 15 is 0 Å². The van der Waals surface area contributed by atoms with Crippen LogP contribution < -0.4 is 5.73 Å². The number of methoxy groups -OCH3 is 1. The standard InChI is InChI=1S/C24H24N2O5S/c1-17-8-14-21(15-9-17)32(29,30)26(22(23(25)27)19-6-4-3-5-7-19)16-18-10-12-20(13-11-18)24(28)31-2/h3-15,22H,16H2,1-2H3,(H2,25,27). The molecule has 8 heteroatoms. The van der Waals surface area contributed by atoms with Crippen LogP contribution in [0.2, 0.25) is 0 Å². The predicted molar refractivity (Wildman–Crippen MR) is 120 cm³/mol. The highest BCUT2D eigenvalue weighted by molar-refractivity contribution is 7.89. The summed E-state index contributed by atoms with van der Waals surface area (Å²) in [6, 6.07) is 20.0. The van der Waals surface area contributed by atoms with Gasteiger partial charge in [0.2, 0.25) is 15.9 Å². The molecule has 32 heavy (non-hydrogen) atoms. The fourth-order valence-corrected chi connectivity index (χ4v) is 4.89. The lowest BCUT2D eigenvalue weighted by molar-refractivity contribution is -0.122. The van der Waals surface area contributed by atoms with Crippen LogP contribution in [0.3, 0.4) is 0 Å². The third-order valence-electron chi connectivity index (χ3n) is 5.01. The molecule has 0 saturated heterocycles. The summed E-state index contributed by atoms with van der Waals surface area (Å²) in [6.45, 7) is 1.73. The van der Waals surface area contributed by atoms with Gasteiger partial charge in [-0.05, 0) is 42.3 Å². The van der Waals surface area contributed by atoms with E-state index in [0.717, 1.165) is 9.87 Å². The van der Waals surface area contributed by atoms with Gasteiger partial charge in [0.25, 0.3) is 0 Å². The number of aryl methyl sites for hydroxylation is 1. The van der Waals surface area contributed by atoms with Gasteiger partial charge in [0.1, 0.15) is 6.04 Å². The quantitative estimate of drug-likeness (QED) is 0.528. The van der Waals surface area contributed by atoms with Crippen molar-refractivity contribution in [1.29, 1.82) is 0 Å². The minimum absolute atomic E-state index is 0.0523. The minimum atomic E-state index is -4.10. The van der Waals surface area contributed by atoms with Gasteiger partial charge >= 0.3 is 5.97 Å². The van der Waals surface area contributed by atoms with E-state index in [9.17, 15) is 18.0 Å². The Morgan fingerprint density at radius 2 is 1.53 bits per heavy atom. The van der Waals surface area contributed by atoms with Crippen LogP contribution in [0.5, 0.6) is 0 Å². The number of benzene rings is 3. The maximum Gasteiger partial charge on any atom is 0.337 e. The number of hydrogen-bond donors (Lipinski definition) is 1. The molecular formula is C24H24N2O5S. The molecule has 1 atom stereocenters. The summed E-state index contributed by atoms with van der Waals surface area (Å²) < 4.78 is 33.1. The minimum Gasteiger partial charge on any atom is -0.465 e. The highest BCUT2D eigenvalue weighted by Crippen LogP contribution is 2.30. The van der Waals surface area contributed by atoms with E-state index in [1.165, 1.54) is 19.2 Å². The topological polar surface area (TPSA) is 107 Å². The number of sulfonamides is 1. The molecule has 2 N–H and O–H groups in total.